The minimum absolute atomic E-state index is 0.149. The number of benzene rings is 1. The average molecular weight is 373 g/mol. The number of hydrogen-bond donors (Lipinski definition) is 0. The van der Waals surface area contributed by atoms with Gasteiger partial charge in [0.25, 0.3) is 0 Å². The van der Waals surface area contributed by atoms with Gasteiger partial charge in [0.15, 0.2) is 0 Å². The van der Waals surface area contributed by atoms with Crippen molar-refractivity contribution >= 4 is 50.7 Å². The molecule has 0 amide bonds. The SMILES string of the molecule is Cc1nc2c(c(Cl)nc3c(Cl)cccc32)c(N=[N+]=[N-])c1CCN=[N+]=[N-]. The van der Waals surface area contributed by atoms with Crippen LogP contribution in [-0.4, -0.2) is 16.5 Å². The van der Waals surface area contributed by atoms with Gasteiger partial charge in [-0.2, -0.15) is 0 Å². The van der Waals surface area contributed by atoms with Crippen LogP contribution in [0.4, 0.5) is 5.69 Å². The number of aromatic nitrogens is 2. The third-order valence-corrected chi connectivity index (χ3v) is 4.38. The van der Waals surface area contributed by atoms with Gasteiger partial charge in [-0.25, -0.2) is 4.98 Å². The summed E-state index contributed by atoms with van der Waals surface area (Å²) >= 11 is 12.6. The van der Waals surface area contributed by atoms with E-state index in [4.69, 9.17) is 34.3 Å². The Morgan fingerprint density at radius 2 is 1.92 bits per heavy atom. The van der Waals surface area contributed by atoms with Crippen LogP contribution in [0, 0.1) is 6.92 Å². The fourth-order valence-electron chi connectivity index (χ4n) is 2.75. The van der Waals surface area contributed by atoms with Gasteiger partial charge in [0.05, 0.1) is 21.7 Å². The van der Waals surface area contributed by atoms with E-state index in [1.165, 1.54) is 0 Å². The molecule has 0 aliphatic rings. The fourth-order valence-corrected chi connectivity index (χ4v) is 3.23. The van der Waals surface area contributed by atoms with Crippen molar-refractivity contribution < 1.29 is 0 Å². The molecule has 0 spiro atoms. The highest BCUT2D eigenvalue weighted by Gasteiger charge is 2.18. The van der Waals surface area contributed by atoms with Crippen LogP contribution >= 0.6 is 23.2 Å². The first-order valence-corrected chi connectivity index (χ1v) is 7.97. The number of nitrogens with zero attached hydrogens (tertiary/aromatic N) is 8. The van der Waals surface area contributed by atoms with Crippen molar-refractivity contribution in [3.05, 3.63) is 60.5 Å². The van der Waals surface area contributed by atoms with E-state index in [9.17, 15) is 0 Å². The van der Waals surface area contributed by atoms with Crippen molar-refractivity contribution in [1.29, 1.82) is 0 Å². The molecular formula is C15H10Cl2N8. The van der Waals surface area contributed by atoms with Crippen molar-refractivity contribution in [2.45, 2.75) is 13.3 Å². The van der Waals surface area contributed by atoms with Gasteiger partial charge in [-0.05, 0) is 36.0 Å². The zero-order chi connectivity index (χ0) is 18.0. The molecule has 0 radical (unpaired) electrons. The number of para-hydroxylation sites is 1. The van der Waals surface area contributed by atoms with Crippen molar-refractivity contribution in [2.24, 2.45) is 10.2 Å². The molecule has 25 heavy (non-hydrogen) atoms. The Bertz CT molecular complexity index is 1100. The molecule has 0 fully saturated rings. The number of rotatable bonds is 4. The number of aryl methyl sites for hydroxylation is 1. The van der Waals surface area contributed by atoms with Crippen molar-refractivity contribution in [3.63, 3.8) is 0 Å². The third-order valence-electron chi connectivity index (χ3n) is 3.80. The maximum atomic E-state index is 8.99. The average Bonchev–Trinajstić information content (AvgIpc) is 2.58. The summed E-state index contributed by atoms with van der Waals surface area (Å²) in [5, 5.41) is 9.11. The standard InChI is InChI=1S/C15H10Cl2N8/c1-7-8(5-6-20-24-18)14(23-25-19)11-13(21-7)9-3-2-4-10(16)12(9)22-15(11)17/h2-4H,5-6H2,1H3. The van der Waals surface area contributed by atoms with Gasteiger partial charge < -0.3 is 0 Å². The van der Waals surface area contributed by atoms with E-state index in [2.05, 4.69) is 30.0 Å². The van der Waals surface area contributed by atoms with Crippen molar-refractivity contribution in [2.75, 3.05) is 6.54 Å². The van der Waals surface area contributed by atoms with Crippen LogP contribution in [0.15, 0.2) is 28.4 Å². The Morgan fingerprint density at radius 1 is 1.12 bits per heavy atom. The fraction of sp³-hybridized carbons (Fsp3) is 0.200. The quantitative estimate of drug-likeness (QED) is 0.178. The minimum atomic E-state index is 0.149. The molecule has 0 N–H and O–H groups in total. The van der Waals surface area contributed by atoms with Crippen molar-refractivity contribution in [3.8, 4) is 0 Å². The molecule has 0 unspecified atom stereocenters. The van der Waals surface area contributed by atoms with Gasteiger partial charge in [-0.1, -0.05) is 45.6 Å². The van der Waals surface area contributed by atoms with Crippen molar-refractivity contribution in [1.82, 2.24) is 9.97 Å². The maximum Gasteiger partial charge on any atom is 0.139 e. The van der Waals surface area contributed by atoms with E-state index < -0.39 is 0 Å². The summed E-state index contributed by atoms with van der Waals surface area (Å²) in [5.41, 5.74) is 20.2. The molecule has 8 nitrogen and oxygen atoms in total. The predicted octanol–water partition coefficient (Wildman–Crippen LogP) is 6.19. The smallest absolute Gasteiger partial charge is 0.139 e. The third kappa shape index (κ3) is 2.99. The first-order chi connectivity index (χ1) is 12.1. The zero-order valence-electron chi connectivity index (χ0n) is 13.0. The summed E-state index contributed by atoms with van der Waals surface area (Å²) in [6, 6.07) is 5.34. The Kier molecular flexibility index (Phi) is 4.79. The lowest BCUT2D eigenvalue weighted by atomic mass is 10.0. The summed E-state index contributed by atoms with van der Waals surface area (Å²) in [6.07, 6.45) is 0.372. The van der Waals surface area contributed by atoms with Gasteiger partial charge in [0, 0.05) is 32.8 Å². The summed E-state index contributed by atoms with van der Waals surface area (Å²) in [4.78, 5) is 14.6. The normalized spacial score (nSPS) is 10.5. The second kappa shape index (κ2) is 7.01. The molecule has 0 aliphatic heterocycles. The lowest BCUT2D eigenvalue weighted by molar-refractivity contribution is 0.935. The first-order valence-electron chi connectivity index (χ1n) is 7.21. The van der Waals surface area contributed by atoms with Gasteiger partial charge in [-0.15, -0.1) is 0 Å². The molecule has 0 aliphatic carbocycles. The molecule has 2 heterocycles. The predicted molar refractivity (Wildman–Crippen MR) is 98.3 cm³/mol. The van der Waals surface area contributed by atoms with E-state index >= 15 is 0 Å². The molecule has 0 saturated heterocycles. The highest BCUT2D eigenvalue weighted by molar-refractivity contribution is 6.39. The number of halogens is 2. The van der Waals surface area contributed by atoms with Crippen LogP contribution in [0.25, 0.3) is 42.7 Å². The number of fused-ring (bicyclic) bond motifs is 3. The highest BCUT2D eigenvalue weighted by atomic mass is 35.5. The Hall–Kier alpha value is -2.76. The van der Waals surface area contributed by atoms with E-state index in [0.29, 0.717) is 50.2 Å². The molecule has 0 saturated carbocycles. The Labute approximate surface area is 151 Å². The van der Waals surface area contributed by atoms with Crippen LogP contribution in [-0.2, 0) is 6.42 Å². The van der Waals surface area contributed by atoms with E-state index in [1.807, 2.05) is 6.07 Å². The molecule has 3 aromatic rings. The van der Waals surface area contributed by atoms with Crippen LogP contribution in [0.2, 0.25) is 10.2 Å². The molecule has 3 rings (SSSR count). The van der Waals surface area contributed by atoms with E-state index in [0.717, 1.165) is 0 Å². The van der Waals surface area contributed by atoms with Crippen LogP contribution in [0.1, 0.15) is 11.3 Å². The molecule has 2 aromatic heterocycles. The summed E-state index contributed by atoms with van der Waals surface area (Å²) < 4.78 is 0. The second-order valence-electron chi connectivity index (χ2n) is 5.18. The topological polar surface area (TPSA) is 123 Å². The molecule has 124 valence electrons. The largest absolute Gasteiger partial charge is 0.252 e. The Balaban J connectivity index is 2.45. The second-order valence-corrected chi connectivity index (χ2v) is 5.95. The summed E-state index contributed by atoms with van der Waals surface area (Å²) in [5.74, 6) is 0. The van der Waals surface area contributed by atoms with Gasteiger partial charge in [0.2, 0.25) is 0 Å². The molecule has 0 atom stereocenters. The molecule has 0 bridgehead atoms. The van der Waals surface area contributed by atoms with Gasteiger partial charge in [0.1, 0.15) is 5.15 Å². The molecule has 10 heteroatoms. The highest BCUT2D eigenvalue weighted by Crippen LogP contribution is 2.39. The van der Waals surface area contributed by atoms with Crippen LogP contribution in [0.3, 0.4) is 0 Å². The Morgan fingerprint density at radius 3 is 2.64 bits per heavy atom. The lowest BCUT2D eigenvalue weighted by Crippen LogP contribution is -1.99. The zero-order valence-corrected chi connectivity index (χ0v) is 14.5. The molecular weight excluding hydrogens is 363 g/mol. The van der Waals surface area contributed by atoms with Crippen LogP contribution < -0.4 is 0 Å². The monoisotopic (exact) mass is 372 g/mol. The summed E-state index contributed by atoms with van der Waals surface area (Å²) in [7, 11) is 0. The maximum absolute atomic E-state index is 8.99. The van der Waals surface area contributed by atoms with E-state index in [-0.39, 0.29) is 11.7 Å². The van der Waals surface area contributed by atoms with Crippen LogP contribution in [0.5, 0.6) is 0 Å². The van der Waals surface area contributed by atoms with Gasteiger partial charge in [-0.3, -0.25) is 4.98 Å². The number of hydrogen-bond acceptors (Lipinski definition) is 4. The number of pyridine rings is 2. The molecule has 1 aromatic carbocycles. The van der Waals surface area contributed by atoms with Gasteiger partial charge >= 0.3 is 0 Å². The first kappa shape index (κ1) is 17.1. The lowest BCUT2D eigenvalue weighted by Gasteiger charge is -2.14. The number of azide groups is 2. The minimum Gasteiger partial charge on any atom is -0.252 e. The summed E-state index contributed by atoms with van der Waals surface area (Å²) in [6.45, 7) is 2.01. The van der Waals surface area contributed by atoms with E-state index in [1.54, 1.807) is 19.1 Å².